The van der Waals surface area contributed by atoms with Crippen molar-refractivity contribution < 1.29 is 18.7 Å². The van der Waals surface area contributed by atoms with Gasteiger partial charge in [0.15, 0.2) is 0 Å². The predicted molar refractivity (Wildman–Crippen MR) is 52.1 cm³/mol. The lowest BCUT2D eigenvalue weighted by Crippen LogP contribution is -2.04. The quantitative estimate of drug-likeness (QED) is 0.817. The maximum Gasteiger partial charge on any atom is 0.307 e. The third-order valence-electron chi connectivity index (χ3n) is 2.09. The molecule has 0 unspecified atom stereocenters. The third kappa shape index (κ3) is 4.06. The van der Waals surface area contributed by atoms with Crippen LogP contribution in [0.25, 0.3) is 0 Å². The summed E-state index contributed by atoms with van der Waals surface area (Å²) in [6.45, 7) is 0. The number of aliphatic carboxylic acids is 1. The van der Waals surface area contributed by atoms with E-state index in [2.05, 4.69) is 0 Å². The number of carboxylic acid groups (broad SMARTS) is 1. The number of benzene rings is 1. The lowest BCUT2D eigenvalue weighted by Gasteiger charge is -2.06. The van der Waals surface area contributed by atoms with Gasteiger partial charge in [0.05, 0.1) is 6.42 Å². The molecule has 0 bridgehead atoms. The molecule has 4 heteroatoms. The molecule has 1 N–H and O–H groups in total. The molecule has 0 atom stereocenters. The fourth-order valence-corrected chi connectivity index (χ4v) is 1.40. The Bertz CT molecular complexity index is 337. The molecule has 82 valence electrons. The van der Waals surface area contributed by atoms with Crippen LogP contribution in [0.5, 0.6) is 0 Å². The van der Waals surface area contributed by atoms with Gasteiger partial charge in [-0.1, -0.05) is 24.3 Å². The van der Waals surface area contributed by atoms with Crippen LogP contribution < -0.4 is 0 Å². The van der Waals surface area contributed by atoms with Gasteiger partial charge in [0.25, 0.3) is 0 Å². The van der Waals surface area contributed by atoms with Gasteiger partial charge in [0.2, 0.25) is 6.43 Å². The highest BCUT2D eigenvalue weighted by Gasteiger charge is 2.08. The highest BCUT2D eigenvalue weighted by molar-refractivity contribution is 5.70. The van der Waals surface area contributed by atoms with Gasteiger partial charge in [0.1, 0.15) is 0 Å². The van der Waals surface area contributed by atoms with Gasteiger partial charge < -0.3 is 5.11 Å². The minimum absolute atomic E-state index is 0.112. The number of carboxylic acids is 1. The normalized spacial score (nSPS) is 10.6. The summed E-state index contributed by atoms with van der Waals surface area (Å²) >= 11 is 0. The summed E-state index contributed by atoms with van der Waals surface area (Å²) in [4.78, 5) is 10.5. The van der Waals surface area contributed by atoms with Crippen molar-refractivity contribution in [2.24, 2.45) is 0 Å². The van der Waals surface area contributed by atoms with Gasteiger partial charge in [-0.3, -0.25) is 4.79 Å². The van der Waals surface area contributed by atoms with Crippen LogP contribution in [-0.4, -0.2) is 17.5 Å². The van der Waals surface area contributed by atoms with Crippen molar-refractivity contribution in [2.75, 3.05) is 0 Å². The third-order valence-corrected chi connectivity index (χ3v) is 2.09. The first-order valence-electron chi connectivity index (χ1n) is 4.66. The molecular formula is C11H12F2O2. The molecule has 0 heterocycles. The largest absolute Gasteiger partial charge is 0.481 e. The van der Waals surface area contributed by atoms with Gasteiger partial charge in [-0.05, 0) is 17.5 Å². The zero-order valence-electron chi connectivity index (χ0n) is 8.12. The standard InChI is InChI=1S/C11H12F2O2/c12-10(13)6-5-8-3-1-2-4-9(8)7-11(14)15/h1-4,10H,5-7H2,(H,14,15). The van der Waals surface area contributed by atoms with Crippen molar-refractivity contribution in [1.29, 1.82) is 0 Å². The van der Waals surface area contributed by atoms with Crippen LogP contribution >= 0.6 is 0 Å². The highest BCUT2D eigenvalue weighted by atomic mass is 19.3. The lowest BCUT2D eigenvalue weighted by molar-refractivity contribution is -0.136. The van der Waals surface area contributed by atoms with Crippen LogP contribution in [0, 0.1) is 0 Å². The van der Waals surface area contributed by atoms with Crippen molar-refractivity contribution in [3.63, 3.8) is 0 Å². The average molecular weight is 214 g/mol. The fraction of sp³-hybridized carbons (Fsp3) is 0.364. The topological polar surface area (TPSA) is 37.3 Å². The number of carbonyl (C=O) groups is 1. The Morgan fingerprint density at radius 2 is 1.87 bits per heavy atom. The van der Waals surface area contributed by atoms with E-state index in [0.717, 1.165) is 0 Å². The van der Waals surface area contributed by atoms with Crippen molar-refractivity contribution >= 4 is 5.97 Å². The Labute approximate surface area is 86.5 Å². The van der Waals surface area contributed by atoms with Gasteiger partial charge >= 0.3 is 5.97 Å². The zero-order valence-corrected chi connectivity index (χ0v) is 8.12. The van der Waals surface area contributed by atoms with E-state index in [1.165, 1.54) is 0 Å². The van der Waals surface area contributed by atoms with Crippen LogP contribution in [0.1, 0.15) is 17.5 Å². The smallest absolute Gasteiger partial charge is 0.307 e. The second-order valence-corrected chi connectivity index (χ2v) is 3.27. The number of hydrogen-bond acceptors (Lipinski definition) is 1. The van der Waals surface area contributed by atoms with E-state index < -0.39 is 12.4 Å². The Kier molecular flexibility index (Phi) is 4.21. The van der Waals surface area contributed by atoms with Gasteiger partial charge in [-0.2, -0.15) is 0 Å². The van der Waals surface area contributed by atoms with Crippen molar-refractivity contribution in [3.05, 3.63) is 35.4 Å². The Morgan fingerprint density at radius 3 is 2.40 bits per heavy atom. The van der Waals surface area contributed by atoms with E-state index in [1.54, 1.807) is 24.3 Å². The van der Waals surface area contributed by atoms with Crippen LogP contribution in [-0.2, 0) is 17.6 Å². The maximum atomic E-state index is 12.0. The van der Waals surface area contributed by atoms with Crippen LogP contribution in [0.2, 0.25) is 0 Å². The monoisotopic (exact) mass is 214 g/mol. The molecule has 1 rings (SSSR count). The summed E-state index contributed by atoms with van der Waals surface area (Å²) in [5, 5.41) is 8.62. The van der Waals surface area contributed by atoms with Crippen LogP contribution in [0.15, 0.2) is 24.3 Å². The Hall–Kier alpha value is -1.45. The molecule has 0 aliphatic rings. The second-order valence-electron chi connectivity index (χ2n) is 3.27. The van der Waals surface area contributed by atoms with E-state index in [4.69, 9.17) is 5.11 Å². The molecule has 1 aromatic carbocycles. The first-order chi connectivity index (χ1) is 7.09. The van der Waals surface area contributed by atoms with Gasteiger partial charge in [-0.15, -0.1) is 0 Å². The predicted octanol–water partition coefficient (Wildman–Crippen LogP) is 2.51. The molecule has 0 aromatic heterocycles. The van der Waals surface area contributed by atoms with Crippen molar-refractivity contribution in [2.45, 2.75) is 25.7 Å². The van der Waals surface area contributed by atoms with Crippen LogP contribution in [0.4, 0.5) is 8.78 Å². The Morgan fingerprint density at radius 1 is 1.27 bits per heavy atom. The number of rotatable bonds is 5. The summed E-state index contributed by atoms with van der Waals surface area (Å²) in [5.41, 5.74) is 1.31. The number of alkyl halides is 2. The van der Waals surface area contributed by atoms with E-state index in [0.29, 0.717) is 11.1 Å². The first kappa shape index (κ1) is 11.6. The minimum Gasteiger partial charge on any atom is -0.481 e. The van der Waals surface area contributed by atoms with Crippen LogP contribution in [0.3, 0.4) is 0 Å². The summed E-state index contributed by atoms with van der Waals surface area (Å²) in [5.74, 6) is -0.945. The van der Waals surface area contributed by atoms with E-state index in [-0.39, 0.29) is 19.3 Å². The van der Waals surface area contributed by atoms with Crippen molar-refractivity contribution in [3.8, 4) is 0 Å². The minimum atomic E-state index is -2.34. The number of halogens is 2. The fourth-order valence-electron chi connectivity index (χ4n) is 1.40. The van der Waals surface area contributed by atoms with E-state index in [1.807, 2.05) is 0 Å². The summed E-state index contributed by atoms with van der Waals surface area (Å²) in [6.07, 6.45) is -2.46. The molecule has 1 aromatic rings. The summed E-state index contributed by atoms with van der Waals surface area (Å²) < 4.78 is 24.0. The molecule has 0 spiro atoms. The van der Waals surface area contributed by atoms with Gasteiger partial charge in [-0.25, -0.2) is 8.78 Å². The lowest BCUT2D eigenvalue weighted by atomic mass is 10.0. The Balaban J connectivity index is 2.72. The SMILES string of the molecule is O=C(O)Cc1ccccc1CCC(F)F. The first-order valence-corrected chi connectivity index (χ1v) is 4.66. The molecule has 0 aliphatic carbocycles. The number of aryl methyl sites for hydroxylation is 1. The second kappa shape index (κ2) is 5.44. The van der Waals surface area contributed by atoms with E-state index in [9.17, 15) is 13.6 Å². The molecule has 0 saturated heterocycles. The van der Waals surface area contributed by atoms with E-state index >= 15 is 0 Å². The number of hydrogen-bond donors (Lipinski definition) is 1. The zero-order chi connectivity index (χ0) is 11.3. The molecule has 0 saturated carbocycles. The van der Waals surface area contributed by atoms with Gasteiger partial charge in [0, 0.05) is 6.42 Å². The summed E-state index contributed by atoms with van der Waals surface area (Å²) in [6, 6.07) is 6.80. The molecule has 0 amide bonds. The molecule has 2 nitrogen and oxygen atoms in total. The highest BCUT2D eigenvalue weighted by Crippen LogP contribution is 2.14. The maximum absolute atomic E-state index is 12.0. The molecule has 0 radical (unpaired) electrons. The average Bonchev–Trinajstić information content (AvgIpc) is 2.15. The molecule has 0 aliphatic heterocycles. The summed E-state index contributed by atoms with van der Waals surface area (Å²) in [7, 11) is 0. The molecule has 0 fully saturated rings. The van der Waals surface area contributed by atoms with Crippen molar-refractivity contribution in [1.82, 2.24) is 0 Å². The molecular weight excluding hydrogens is 202 g/mol. The molecule has 15 heavy (non-hydrogen) atoms.